The van der Waals surface area contributed by atoms with Gasteiger partial charge in [0.25, 0.3) is 0 Å². The van der Waals surface area contributed by atoms with Crippen LogP contribution in [0.3, 0.4) is 0 Å². The second-order valence-electron chi connectivity index (χ2n) is 21.8. The van der Waals surface area contributed by atoms with Crippen LogP contribution < -0.4 is 0 Å². The van der Waals surface area contributed by atoms with Crippen LogP contribution >= 0.6 is 0 Å². The highest BCUT2D eigenvalue weighted by Crippen LogP contribution is 2.45. The van der Waals surface area contributed by atoms with Crippen molar-refractivity contribution >= 4 is 43.6 Å². The minimum absolute atomic E-state index is 0.569. The number of aromatic nitrogens is 4. The Balaban J connectivity index is 1.02. The van der Waals surface area contributed by atoms with E-state index in [0.717, 1.165) is 139 Å². The summed E-state index contributed by atoms with van der Waals surface area (Å²) in [4.78, 5) is 10.7. The number of nitriles is 4. The zero-order chi connectivity index (χ0) is 59.2. The van der Waals surface area contributed by atoms with E-state index in [1.165, 1.54) is 0 Å². The highest BCUT2D eigenvalue weighted by atomic mass is 15.0. The van der Waals surface area contributed by atoms with Gasteiger partial charge in [0.05, 0.1) is 91.4 Å². The van der Waals surface area contributed by atoms with Crippen molar-refractivity contribution in [2.24, 2.45) is 0 Å². The van der Waals surface area contributed by atoms with Gasteiger partial charge >= 0.3 is 0 Å². The molecule has 15 rings (SSSR count). The molecule has 406 valence electrons. The topological polar surface area (TPSA) is 131 Å². The van der Waals surface area contributed by atoms with Crippen LogP contribution in [0.5, 0.6) is 0 Å². The van der Waals surface area contributed by atoms with Crippen molar-refractivity contribution in [3.05, 3.63) is 301 Å². The SMILES string of the molecule is N#Cc1cccc(-c2ccc3c(c2)c2cc(-c4cccc(C#N)c4)ccc2n3-c2ccccc2-c2cc(-c3nc(-c4ccccc4)cc(-c4ccccc4)n3)ccc2-n2c3ccc(-c4cccc(C#N)c4)cc3c3cc(-c4cccc(C#N)c4)ccc32)c1. The summed E-state index contributed by atoms with van der Waals surface area (Å²) in [5.41, 5.74) is 21.9. The third kappa shape index (κ3) is 9.26. The molecule has 88 heavy (non-hydrogen) atoms. The van der Waals surface area contributed by atoms with Crippen LogP contribution in [0.25, 0.3) is 145 Å². The Bertz CT molecular complexity index is 5220. The van der Waals surface area contributed by atoms with Crippen LogP contribution in [0.2, 0.25) is 0 Å². The highest BCUT2D eigenvalue weighted by molar-refractivity contribution is 6.14. The fraction of sp³-hybridized carbons (Fsp3) is 0. The van der Waals surface area contributed by atoms with E-state index in [1.807, 2.05) is 133 Å². The number of rotatable bonds is 10. The van der Waals surface area contributed by atoms with Gasteiger partial charge in [-0.1, -0.05) is 152 Å². The second-order valence-corrected chi connectivity index (χ2v) is 21.8. The predicted molar refractivity (Wildman–Crippen MR) is 353 cm³/mol. The summed E-state index contributed by atoms with van der Waals surface area (Å²) in [7, 11) is 0. The summed E-state index contributed by atoms with van der Waals surface area (Å²) in [5.74, 6) is 0.569. The van der Waals surface area contributed by atoms with Crippen LogP contribution in [0.1, 0.15) is 22.3 Å². The Morgan fingerprint density at radius 1 is 0.239 bits per heavy atom. The molecule has 0 atom stereocenters. The molecule has 0 amide bonds. The Hall–Kier alpha value is -12.7. The first kappa shape index (κ1) is 52.1. The molecule has 0 unspecified atom stereocenters. The van der Waals surface area contributed by atoms with E-state index >= 15 is 0 Å². The van der Waals surface area contributed by atoms with Crippen molar-refractivity contribution in [3.8, 4) is 125 Å². The van der Waals surface area contributed by atoms with Crippen LogP contribution in [-0.4, -0.2) is 19.1 Å². The Morgan fingerprint density at radius 3 is 0.932 bits per heavy atom. The maximum atomic E-state index is 10.00. The number of nitrogens with zero attached hydrogens (tertiary/aromatic N) is 8. The summed E-state index contributed by atoms with van der Waals surface area (Å²) in [6.45, 7) is 0. The molecule has 0 aliphatic rings. The van der Waals surface area contributed by atoms with Gasteiger partial charge in [-0.2, -0.15) is 21.0 Å². The highest BCUT2D eigenvalue weighted by Gasteiger charge is 2.24. The van der Waals surface area contributed by atoms with E-state index < -0.39 is 0 Å². The molecular weight excluding hydrogens is 1070 g/mol. The fourth-order valence-corrected chi connectivity index (χ4v) is 12.4. The van der Waals surface area contributed by atoms with Crippen molar-refractivity contribution in [2.45, 2.75) is 0 Å². The summed E-state index contributed by atoms with van der Waals surface area (Å²) in [6.07, 6.45) is 0. The minimum Gasteiger partial charge on any atom is -0.309 e. The quantitative estimate of drug-likeness (QED) is 0.134. The number of benzene rings is 12. The molecule has 0 N–H and O–H groups in total. The molecule has 0 bridgehead atoms. The molecule has 0 saturated carbocycles. The van der Waals surface area contributed by atoms with Crippen LogP contribution in [0.4, 0.5) is 0 Å². The van der Waals surface area contributed by atoms with E-state index in [2.05, 4.69) is 179 Å². The lowest BCUT2D eigenvalue weighted by Gasteiger charge is -2.20. The van der Waals surface area contributed by atoms with Gasteiger partial charge in [-0.3, -0.25) is 0 Å². The van der Waals surface area contributed by atoms with Gasteiger partial charge in [0.2, 0.25) is 0 Å². The lowest BCUT2D eigenvalue weighted by molar-refractivity contribution is 1.15. The van der Waals surface area contributed by atoms with Crippen molar-refractivity contribution in [1.29, 1.82) is 21.0 Å². The molecule has 8 nitrogen and oxygen atoms in total. The maximum absolute atomic E-state index is 10.00. The van der Waals surface area contributed by atoms with Gasteiger partial charge in [0, 0.05) is 49.4 Å². The normalized spacial score (nSPS) is 11.1. The first-order valence-corrected chi connectivity index (χ1v) is 28.8. The average molecular weight is 1120 g/mol. The Kier molecular flexibility index (Phi) is 12.9. The lowest BCUT2D eigenvalue weighted by Crippen LogP contribution is -2.03. The molecule has 3 aromatic heterocycles. The van der Waals surface area contributed by atoms with Gasteiger partial charge < -0.3 is 9.13 Å². The molecule has 0 fully saturated rings. The zero-order valence-corrected chi connectivity index (χ0v) is 47.1. The third-order valence-corrected chi connectivity index (χ3v) is 16.6. The number of hydrogen-bond donors (Lipinski definition) is 0. The van der Waals surface area contributed by atoms with Crippen molar-refractivity contribution in [3.63, 3.8) is 0 Å². The smallest absolute Gasteiger partial charge is 0.160 e. The Labute approximate surface area is 507 Å². The first-order chi connectivity index (χ1) is 43.4. The third-order valence-electron chi connectivity index (χ3n) is 16.6. The van der Waals surface area contributed by atoms with Gasteiger partial charge in [0.15, 0.2) is 5.82 Å². The molecular formula is C80H46N8. The van der Waals surface area contributed by atoms with Gasteiger partial charge in [-0.25, -0.2) is 9.97 Å². The van der Waals surface area contributed by atoms with Gasteiger partial charge in [-0.15, -0.1) is 0 Å². The average Bonchev–Trinajstić information content (AvgIpc) is 1.63. The molecule has 0 spiro atoms. The van der Waals surface area contributed by atoms with Crippen LogP contribution in [0.15, 0.2) is 279 Å². The second kappa shape index (κ2) is 21.8. The summed E-state index contributed by atoms with van der Waals surface area (Å²) in [5, 5.41) is 44.0. The number of para-hydroxylation sites is 1. The lowest BCUT2D eigenvalue weighted by atomic mass is 9.97. The van der Waals surface area contributed by atoms with E-state index in [9.17, 15) is 21.0 Å². The van der Waals surface area contributed by atoms with Crippen molar-refractivity contribution < 1.29 is 0 Å². The van der Waals surface area contributed by atoms with Crippen molar-refractivity contribution in [2.75, 3.05) is 0 Å². The first-order valence-electron chi connectivity index (χ1n) is 28.8. The number of hydrogen-bond acceptors (Lipinski definition) is 6. The molecule has 0 saturated heterocycles. The summed E-state index contributed by atoms with van der Waals surface area (Å²) in [6, 6.07) is 104. The molecule has 0 aliphatic carbocycles. The molecule has 8 heteroatoms. The van der Waals surface area contributed by atoms with Gasteiger partial charge in [0.1, 0.15) is 0 Å². The summed E-state index contributed by atoms with van der Waals surface area (Å²) < 4.78 is 4.72. The molecule has 3 heterocycles. The molecule has 0 aliphatic heterocycles. The zero-order valence-electron chi connectivity index (χ0n) is 47.1. The largest absolute Gasteiger partial charge is 0.309 e. The predicted octanol–water partition coefficient (Wildman–Crippen LogP) is 19.5. The van der Waals surface area contributed by atoms with E-state index in [4.69, 9.17) is 9.97 Å². The van der Waals surface area contributed by atoms with Crippen LogP contribution in [0, 0.1) is 45.3 Å². The van der Waals surface area contributed by atoms with E-state index in [1.54, 1.807) is 0 Å². The molecule has 12 aromatic carbocycles. The standard InChI is InChI=1S/C80H46N8/c81-47-51-13-9-21-57(37-51)61-27-32-76-68(41-61)69-42-62(58-22-10-14-52(38-58)48-82)28-33-77(69)87(76)74-26-8-7-25-66(74)67-45-65(80-85-72(55-17-3-1-4-18-55)46-73(86-80)56-19-5-2-6-20-56)31-36-75(67)88-78-34-29-63(59-23-11-15-53(39-59)49-83)43-70(78)71-44-64(30-35-79(71)88)60-24-12-16-54(40-60)50-84/h1-46H. The number of fused-ring (bicyclic) bond motifs is 6. The minimum atomic E-state index is 0.569. The monoisotopic (exact) mass is 1120 g/mol. The van der Waals surface area contributed by atoms with Crippen molar-refractivity contribution in [1.82, 2.24) is 19.1 Å². The van der Waals surface area contributed by atoms with Crippen LogP contribution in [-0.2, 0) is 0 Å². The maximum Gasteiger partial charge on any atom is 0.160 e. The van der Waals surface area contributed by atoms with E-state index in [0.29, 0.717) is 28.1 Å². The summed E-state index contributed by atoms with van der Waals surface area (Å²) >= 11 is 0. The molecule has 0 radical (unpaired) electrons. The molecule has 15 aromatic rings. The van der Waals surface area contributed by atoms with E-state index in [-0.39, 0.29) is 0 Å². The Morgan fingerprint density at radius 2 is 0.557 bits per heavy atom. The van der Waals surface area contributed by atoms with Gasteiger partial charge in [-0.05, 0) is 172 Å². The fourth-order valence-electron chi connectivity index (χ4n) is 12.4.